The van der Waals surface area contributed by atoms with Crippen molar-refractivity contribution in [2.24, 2.45) is 0 Å². The molecule has 1 aliphatic carbocycles. The van der Waals surface area contributed by atoms with E-state index in [0.717, 1.165) is 24.3 Å². The number of ether oxygens (including phenoxy) is 2. The number of nitrogens with one attached hydrogen (secondary N) is 1. The maximum atomic E-state index is 10.4. The van der Waals surface area contributed by atoms with Gasteiger partial charge in [-0.15, -0.1) is 0 Å². The van der Waals surface area contributed by atoms with Gasteiger partial charge in [-0.25, -0.2) is 0 Å². The third kappa shape index (κ3) is 3.40. The summed E-state index contributed by atoms with van der Waals surface area (Å²) in [5, 5.41) is 14.0. The molecule has 0 saturated carbocycles. The smallest absolute Gasteiger partial charge is 0.160 e. The zero-order valence-corrected chi connectivity index (χ0v) is 14.5. The molecular formula is C20H25NO3. The highest BCUT2D eigenvalue weighted by Gasteiger charge is 2.31. The molecule has 2 aromatic carbocycles. The Morgan fingerprint density at radius 3 is 2.62 bits per heavy atom. The molecule has 0 bridgehead atoms. The summed E-state index contributed by atoms with van der Waals surface area (Å²) in [6.45, 7) is 2.14. The topological polar surface area (TPSA) is 50.7 Å². The second-order valence-corrected chi connectivity index (χ2v) is 6.41. The highest BCUT2D eigenvalue weighted by atomic mass is 16.5. The van der Waals surface area contributed by atoms with Crippen LogP contribution in [0.25, 0.3) is 0 Å². The number of benzene rings is 2. The number of hydrogen-bond donors (Lipinski definition) is 2. The Labute approximate surface area is 143 Å². The normalized spacial score (nSPS) is 20.5. The van der Waals surface area contributed by atoms with Crippen LogP contribution < -0.4 is 14.8 Å². The predicted molar refractivity (Wildman–Crippen MR) is 94.7 cm³/mol. The van der Waals surface area contributed by atoms with Crippen molar-refractivity contribution in [3.63, 3.8) is 0 Å². The van der Waals surface area contributed by atoms with E-state index in [4.69, 9.17) is 9.47 Å². The minimum absolute atomic E-state index is 0.00339. The lowest BCUT2D eigenvalue weighted by molar-refractivity contribution is 0.135. The molecular weight excluding hydrogens is 302 g/mol. The second kappa shape index (κ2) is 7.24. The first-order valence-electron chi connectivity index (χ1n) is 8.35. The zero-order valence-electron chi connectivity index (χ0n) is 14.5. The van der Waals surface area contributed by atoms with Gasteiger partial charge in [-0.2, -0.15) is 0 Å². The summed E-state index contributed by atoms with van der Waals surface area (Å²) in [6.07, 6.45) is 1.21. The van der Waals surface area contributed by atoms with Crippen molar-refractivity contribution in [3.8, 4) is 11.5 Å². The molecule has 0 spiro atoms. The molecule has 24 heavy (non-hydrogen) atoms. The maximum Gasteiger partial charge on any atom is 0.160 e. The summed E-state index contributed by atoms with van der Waals surface area (Å²) >= 11 is 0. The van der Waals surface area contributed by atoms with Gasteiger partial charge >= 0.3 is 0 Å². The molecule has 0 heterocycles. The number of aliphatic hydroxyl groups excluding tert-OH is 1. The van der Waals surface area contributed by atoms with Crippen molar-refractivity contribution in [1.29, 1.82) is 0 Å². The van der Waals surface area contributed by atoms with Crippen LogP contribution in [0, 0.1) is 0 Å². The lowest BCUT2D eigenvalue weighted by Crippen LogP contribution is -2.36. The van der Waals surface area contributed by atoms with Crippen LogP contribution in [0.2, 0.25) is 0 Å². The Bertz CT molecular complexity index is 701. The number of fused-ring (bicyclic) bond motifs is 1. The van der Waals surface area contributed by atoms with Gasteiger partial charge in [0.25, 0.3) is 0 Å². The van der Waals surface area contributed by atoms with Gasteiger partial charge in [-0.3, -0.25) is 0 Å². The van der Waals surface area contributed by atoms with Gasteiger partial charge in [0.2, 0.25) is 0 Å². The van der Waals surface area contributed by atoms with Crippen molar-refractivity contribution in [1.82, 2.24) is 5.32 Å². The van der Waals surface area contributed by atoms with Crippen LogP contribution in [-0.2, 0) is 12.8 Å². The van der Waals surface area contributed by atoms with Gasteiger partial charge in [0.15, 0.2) is 11.5 Å². The fourth-order valence-corrected chi connectivity index (χ4v) is 3.50. The first kappa shape index (κ1) is 16.8. The fourth-order valence-electron chi connectivity index (χ4n) is 3.50. The Hall–Kier alpha value is -2.04. The molecule has 1 unspecified atom stereocenters. The first-order chi connectivity index (χ1) is 11.6. The highest BCUT2D eigenvalue weighted by Crippen LogP contribution is 2.32. The quantitative estimate of drug-likeness (QED) is 0.856. The predicted octanol–water partition coefficient (Wildman–Crippen LogP) is 2.88. The summed E-state index contributed by atoms with van der Waals surface area (Å²) < 4.78 is 10.7. The van der Waals surface area contributed by atoms with Crippen LogP contribution in [-0.4, -0.2) is 31.5 Å². The fraction of sp³-hybridized carbons (Fsp3) is 0.400. The van der Waals surface area contributed by atoms with E-state index >= 15 is 0 Å². The highest BCUT2D eigenvalue weighted by molar-refractivity contribution is 5.43. The molecule has 128 valence electrons. The third-order valence-electron chi connectivity index (χ3n) is 4.66. The van der Waals surface area contributed by atoms with Crippen LogP contribution in [0.5, 0.6) is 11.5 Å². The molecule has 4 nitrogen and oxygen atoms in total. The number of methoxy groups -OCH3 is 2. The number of aliphatic hydroxyl groups is 1. The molecule has 4 heteroatoms. The SMILES string of the molecule is COc1ccc(CC(C)N[C@@H]2c3ccccc3C[C@@H]2O)cc1OC. The van der Waals surface area contributed by atoms with Crippen LogP contribution in [0.3, 0.4) is 0 Å². The minimum atomic E-state index is -0.366. The average Bonchev–Trinajstić information content (AvgIpc) is 2.90. The first-order valence-corrected chi connectivity index (χ1v) is 8.35. The van der Waals surface area contributed by atoms with E-state index in [1.165, 1.54) is 16.7 Å². The summed E-state index contributed by atoms with van der Waals surface area (Å²) in [7, 11) is 3.29. The van der Waals surface area contributed by atoms with Gasteiger partial charge in [0.05, 0.1) is 26.4 Å². The Kier molecular flexibility index (Phi) is 5.07. The summed E-state index contributed by atoms with van der Waals surface area (Å²) in [5.74, 6) is 1.48. The summed E-state index contributed by atoms with van der Waals surface area (Å²) in [6, 6.07) is 14.5. The van der Waals surface area contributed by atoms with Gasteiger partial charge < -0.3 is 19.9 Å². The van der Waals surface area contributed by atoms with Crippen molar-refractivity contribution in [2.75, 3.05) is 14.2 Å². The van der Waals surface area contributed by atoms with E-state index in [1.54, 1.807) is 14.2 Å². The van der Waals surface area contributed by atoms with E-state index in [2.05, 4.69) is 30.4 Å². The van der Waals surface area contributed by atoms with Crippen molar-refractivity contribution < 1.29 is 14.6 Å². The third-order valence-corrected chi connectivity index (χ3v) is 4.66. The molecule has 3 atom stereocenters. The Morgan fingerprint density at radius 2 is 1.88 bits per heavy atom. The van der Waals surface area contributed by atoms with Crippen molar-refractivity contribution >= 4 is 0 Å². The van der Waals surface area contributed by atoms with Crippen LogP contribution >= 0.6 is 0 Å². The Morgan fingerprint density at radius 1 is 1.12 bits per heavy atom. The van der Waals surface area contributed by atoms with E-state index in [0.29, 0.717) is 0 Å². The molecule has 1 aliphatic rings. The van der Waals surface area contributed by atoms with E-state index in [9.17, 15) is 5.11 Å². The molecule has 3 rings (SSSR count). The molecule has 0 fully saturated rings. The average molecular weight is 327 g/mol. The molecule has 0 amide bonds. The van der Waals surface area contributed by atoms with Crippen molar-refractivity contribution in [2.45, 2.75) is 38.0 Å². The molecule has 2 N–H and O–H groups in total. The van der Waals surface area contributed by atoms with Gasteiger partial charge in [-0.05, 0) is 42.2 Å². The van der Waals surface area contributed by atoms with Crippen LogP contribution in [0.15, 0.2) is 42.5 Å². The Balaban J connectivity index is 1.69. The molecule has 0 radical (unpaired) electrons. The monoisotopic (exact) mass is 327 g/mol. The number of hydrogen-bond acceptors (Lipinski definition) is 4. The summed E-state index contributed by atoms with van der Waals surface area (Å²) in [5.41, 5.74) is 3.62. The van der Waals surface area contributed by atoms with Crippen LogP contribution in [0.1, 0.15) is 29.7 Å². The van der Waals surface area contributed by atoms with E-state index in [-0.39, 0.29) is 18.2 Å². The van der Waals surface area contributed by atoms with E-state index < -0.39 is 0 Å². The van der Waals surface area contributed by atoms with Gasteiger partial charge in [-0.1, -0.05) is 30.3 Å². The molecule has 0 saturated heterocycles. The lowest BCUT2D eigenvalue weighted by Gasteiger charge is -2.23. The number of rotatable bonds is 6. The van der Waals surface area contributed by atoms with Crippen LogP contribution in [0.4, 0.5) is 0 Å². The van der Waals surface area contributed by atoms with Gasteiger partial charge in [0.1, 0.15) is 0 Å². The standard InChI is InChI=1S/C20H25NO3/c1-13(10-14-8-9-18(23-2)19(11-14)24-3)21-20-16-7-5-4-6-15(16)12-17(20)22/h4-9,11,13,17,20-22H,10,12H2,1-3H3/t13?,17-,20+/m0/s1. The second-order valence-electron chi connectivity index (χ2n) is 6.41. The van der Waals surface area contributed by atoms with E-state index in [1.807, 2.05) is 24.3 Å². The lowest BCUT2D eigenvalue weighted by atomic mass is 10.0. The summed E-state index contributed by atoms with van der Waals surface area (Å²) in [4.78, 5) is 0. The van der Waals surface area contributed by atoms with Gasteiger partial charge in [0, 0.05) is 12.5 Å². The molecule has 2 aromatic rings. The molecule has 0 aromatic heterocycles. The molecule has 0 aliphatic heterocycles. The zero-order chi connectivity index (χ0) is 17.1. The van der Waals surface area contributed by atoms with Crippen molar-refractivity contribution in [3.05, 3.63) is 59.2 Å². The maximum absolute atomic E-state index is 10.4. The largest absolute Gasteiger partial charge is 0.493 e. The minimum Gasteiger partial charge on any atom is -0.493 e.